The normalized spacial score (nSPS) is 23.3. The minimum atomic E-state index is 0. The SMILES string of the molecule is CC(C)COCCC(=O)N1CCC(C)(CN)C1.Cl. The Morgan fingerprint density at radius 1 is 1.50 bits per heavy atom. The number of nitrogens with zero attached hydrogens (tertiary/aromatic N) is 1. The molecule has 1 atom stereocenters. The number of amides is 1. The fourth-order valence-electron chi connectivity index (χ4n) is 2.04. The van der Waals surface area contributed by atoms with E-state index in [9.17, 15) is 4.79 Å². The summed E-state index contributed by atoms with van der Waals surface area (Å²) in [5, 5.41) is 0. The molecule has 1 fully saturated rings. The minimum absolute atomic E-state index is 0. The summed E-state index contributed by atoms with van der Waals surface area (Å²) in [7, 11) is 0. The quantitative estimate of drug-likeness (QED) is 0.752. The number of carbonyl (C=O) groups is 1. The Bertz CT molecular complexity index is 261. The summed E-state index contributed by atoms with van der Waals surface area (Å²) < 4.78 is 5.43. The summed E-state index contributed by atoms with van der Waals surface area (Å²) in [5.41, 5.74) is 5.84. The van der Waals surface area contributed by atoms with Crippen molar-refractivity contribution in [1.29, 1.82) is 0 Å². The minimum Gasteiger partial charge on any atom is -0.381 e. The molecule has 0 aromatic rings. The average molecular weight is 279 g/mol. The Morgan fingerprint density at radius 3 is 2.67 bits per heavy atom. The zero-order valence-corrected chi connectivity index (χ0v) is 12.6. The molecule has 1 saturated heterocycles. The number of carbonyl (C=O) groups excluding carboxylic acids is 1. The molecule has 1 rings (SSSR count). The molecule has 0 bridgehead atoms. The molecule has 5 heteroatoms. The molecule has 2 N–H and O–H groups in total. The standard InChI is InChI=1S/C13H26N2O2.ClH/c1-11(2)8-17-7-4-12(16)15-6-5-13(3,9-14)10-15;/h11H,4-10,14H2,1-3H3;1H. The predicted octanol–water partition coefficient (Wildman–Crippen LogP) is 1.67. The Labute approximate surface area is 117 Å². The Hall–Kier alpha value is -0.320. The van der Waals surface area contributed by atoms with Crippen LogP contribution in [0.5, 0.6) is 0 Å². The van der Waals surface area contributed by atoms with E-state index in [0.717, 1.165) is 26.1 Å². The van der Waals surface area contributed by atoms with Crippen LogP contribution >= 0.6 is 12.4 Å². The number of halogens is 1. The lowest BCUT2D eigenvalue weighted by atomic mass is 9.90. The second-order valence-corrected chi connectivity index (χ2v) is 5.80. The van der Waals surface area contributed by atoms with Crippen LogP contribution in [-0.2, 0) is 9.53 Å². The Balaban J connectivity index is 0.00000289. The topological polar surface area (TPSA) is 55.6 Å². The molecular weight excluding hydrogens is 252 g/mol. The lowest BCUT2D eigenvalue weighted by Crippen LogP contribution is -2.34. The van der Waals surface area contributed by atoms with Crippen molar-refractivity contribution in [3.63, 3.8) is 0 Å². The maximum atomic E-state index is 11.9. The van der Waals surface area contributed by atoms with Gasteiger partial charge >= 0.3 is 0 Å². The van der Waals surface area contributed by atoms with Crippen LogP contribution in [0.15, 0.2) is 0 Å². The lowest BCUT2D eigenvalue weighted by Gasteiger charge is -2.22. The zero-order chi connectivity index (χ0) is 12.9. The van der Waals surface area contributed by atoms with Gasteiger partial charge in [0, 0.05) is 19.7 Å². The van der Waals surface area contributed by atoms with Crippen molar-refractivity contribution >= 4 is 18.3 Å². The smallest absolute Gasteiger partial charge is 0.224 e. The summed E-state index contributed by atoms with van der Waals surface area (Å²) in [4.78, 5) is 13.8. The summed E-state index contributed by atoms with van der Waals surface area (Å²) in [6, 6.07) is 0. The first-order valence-corrected chi connectivity index (χ1v) is 6.52. The van der Waals surface area contributed by atoms with E-state index < -0.39 is 0 Å². The van der Waals surface area contributed by atoms with Gasteiger partial charge in [0.15, 0.2) is 0 Å². The van der Waals surface area contributed by atoms with Gasteiger partial charge < -0.3 is 15.4 Å². The van der Waals surface area contributed by atoms with E-state index in [1.807, 2.05) is 4.90 Å². The van der Waals surface area contributed by atoms with E-state index in [1.54, 1.807) is 0 Å². The molecular formula is C13H27ClN2O2. The van der Waals surface area contributed by atoms with Gasteiger partial charge in [-0.15, -0.1) is 12.4 Å². The molecule has 108 valence electrons. The Morgan fingerprint density at radius 2 is 2.17 bits per heavy atom. The van der Waals surface area contributed by atoms with Gasteiger partial charge in [0.05, 0.1) is 13.0 Å². The average Bonchev–Trinajstić information content (AvgIpc) is 2.68. The largest absolute Gasteiger partial charge is 0.381 e. The number of hydrogen-bond acceptors (Lipinski definition) is 3. The van der Waals surface area contributed by atoms with Crippen LogP contribution in [0.2, 0.25) is 0 Å². The van der Waals surface area contributed by atoms with Gasteiger partial charge in [0.1, 0.15) is 0 Å². The van der Waals surface area contributed by atoms with Crippen LogP contribution in [0.1, 0.15) is 33.6 Å². The number of hydrogen-bond donors (Lipinski definition) is 1. The monoisotopic (exact) mass is 278 g/mol. The van der Waals surface area contributed by atoms with Crippen molar-refractivity contribution in [2.24, 2.45) is 17.1 Å². The summed E-state index contributed by atoms with van der Waals surface area (Å²) in [6.45, 7) is 9.92. The third-order valence-electron chi connectivity index (χ3n) is 3.31. The fourth-order valence-corrected chi connectivity index (χ4v) is 2.04. The van der Waals surface area contributed by atoms with Crippen LogP contribution in [0.25, 0.3) is 0 Å². The molecule has 4 nitrogen and oxygen atoms in total. The van der Waals surface area contributed by atoms with Crippen molar-refractivity contribution in [2.75, 3.05) is 32.8 Å². The lowest BCUT2D eigenvalue weighted by molar-refractivity contribution is -0.131. The second-order valence-electron chi connectivity index (χ2n) is 5.80. The fraction of sp³-hybridized carbons (Fsp3) is 0.923. The molecule has 1 unspecified atom stereocenters. The highest BCUT2D eigenvalue weighted by atomic mass is 35.5. The third kappa shape index (κ3) is 5.55. The number of rotatable bonds is 6. The second kappa shape index (κ2) is 7.97. The molecule has 1 aliphatic heterocycles. The van der Waals surface area contributed by atoms with Crippen LogP contribution in [0.4, 0.5) is 0 Å². The maximum Gasteiger partial charge on any atom is 0.224 e. The van der Waals surface area contributed by atoms with Crippen LogP contribution in [0.3, 0.4) is 0 Å². The van der Waals surface area contributed by atoms with E-state index in [0.29, 0.717) is 25.5 Å². The molecule has 0 spiro atoms. The molecule has 0 aromatic carbocycles. The van der Waals surface area contributed by atoms with Gasteiger partial charge in [-0.05, 0) is 24.3 Å². The first kappa shape index (κ1) is 17.7. The van der Waals surface area contributed by atoms with E-state index in [4.69, 9.17) is 10.5 Å². The van der Waals surface area contributed by atoms with Crippen molar-refractivity contribution in [2.45, 2.75) is 33.6 Å². The molecule has 0 aliphatic carbocycles. The maximum absolute atomic E-state index is 11.9. The van der Waals surface area contributed by atoms with Crippen molar-refractivity contribution in [1.82, 2.24) is 4.90 Å². The highest BCUT2D eigenvalue weighted by molar-refractivity contribution is 5.85. The van der Waals surface area contributed by atoms with Crippen molar-refractivity contribution < 1.29 is 9.53 Å². The van der Waals surface area contributed by atoms with Gasteiger partial charge in [-0.1, -0.05) is 20.8 Å². The molecule has 0 saturated carbocycles. The van der Waals surface area contributed by atoms with E-state index in [2.05, 4.69) is 20.8 Å². The molecule has 0 radical (unpaired) electrons. The van der Waals surface area contributed by atoms with Gasteiger partial charge in [0.2, 0.25) is 5.91 Å². The van der Waals surface area contributed by atoms with Gasteiger partial charge in [-0.25, -0.2) is 0 Å². The Kier molecular flexibility index (Phi) is 7.83. The van der Waals surface area contributed by atoms with E-state index in [1.165, 1.54) is 0 Å². The van der Waals surface area contributed by atoms with Gasteiger partial charge in [0.25, 0.3) is 0 Å². The number of likely N-dealkylation sites (tertiary alicyclic amines) is 1. The van der Waals surface area contributed by atoms with Gasteiger partial charge in [-0.2, -0.15) is 0 Å². The highest BCUT2D eigenvalue weighted by Crippen LogP contribution is 2.28. The number of nitrogens with two attached hydrogens (primary N) is 1. The molecule has 0 aromatic heterocycles. The predicted molar refractivity (Wildman–Crippen MR) is 75.9 cm³/mol. The highest BCUT2D eigenvalue weighted by Gasteiger charge is 2.34. The molecule has 1 heterocycles. The molecule has 1 aliphatic rings. The first-order chi connectivity index (χ1) is 7.97. The summed E-state index contributed by atoms with van der Waals surface area (Å²) in [6.07, 6.45) is 1.51. The van der Waals surface area contributed by atoms with Gasteiger partial charge in [-0.3, -0.25) is 4.79 Å². The van der Waals surface area contributed by atoms with Crippen LogP contribution < -0.4 is 5.73 Å². The summed E-state index contributed by atoms with van der Waals surface area (Å²) >= 11 is 0. The molecule has 1 amide bonds. The van der Waals surface area contributed by atoms with E-state index >= 15 is 0 Å². The van der Waals surface area contributed by atoms with E-state index in [-0.39, 0.29) is 23.7 Å². The van der Waals surface area contributed by atoms with Crippen molar-refractivity contribution in [3.8, 4) is 0 Å². The number of ether oxygens (including phenoxy) is 1. The van der Waals surface area contributed by atoms with Crippen LogP contribution in [0, 0.1) is 11.3 Å². The molecule has 18 heavy (non-hydrogen) atoms. The zero-order valence-electron chi connectivity index (χ0n) is 11.8. The van der Waals surface area contributed by atoms with Crippen molar-refractivity contribution in [3.05, 3.63) is 0 Å². The summed E-state index contributed by atoms with van der Waals surface area (Å²) in [5.74, 6) is 0.725. The first-order valence-electron chi connectivity index (χ1n) is 6.52. The van der Waals surface area contributed by atoms with Crippen LogP contribution in [-0.4, -0.2) is 43.7 Å². The third-order valence-corrected chi connectivity index (χ3v) is 3.31.